The maximum absolute atomic E-state index is 13.3. The molecule has 0 heterocycles. The largest absolute Gasteiger partial charge is 0.478 e. The summed E-state index contributed by atoms with van der Waals surface area (Å²) in [6.07, 6.45) is 0.715. The molecule has 4 aromatic rings. The molecule has 0 atom stereocenters. The van der Waals surface area contributed by atoms with Crippen molar-refractivity contribution in [3.8, 4) is 11.1 Å². The van der Waals surface area contributed by atoms with Gasteiger partial charge in [0.2, 0.25) is 0 Å². The van der Waals surface area contributed by atoms with Gasteiger partial charge in [0.1, 0.15) is 5.84 Å². The number of aryl methyl sites for hydroxylation is 1. The summed E-state index contributed by atoms with van der Waals surface area (Å²) in [6, 6.07) is 23.1. The summed E-state index contributed by atoms with van der Waals surface area (Å²) in [5.41, 5.74) is 8.94. The zero-order chi connectivity index (χ0) is 27.3. The number of nitrogen functional groups attached to an aromatic ring is 1. The molecular formula is C27H25N3O6S. The fraction of sp³-hybridized carbons (Fsp3) is 0.0741. The lowest BCUT2D eigenvalue weighted by Crippen LogP contribution is -2.15. The van der Waals surface area contributed by atoms with E-state index in [1.807, 2.05) is 43.3 Å². The highest BCUT2D eigenvalue weighted by molar-refractivity contribution is 7.85. The Morgan fingerprint density at radius 3 is 1.97 bits per heavy atom. The van der Waals surface area contributed by atoms with Crippen LogP contribution in [-0.4, -0.2) is 42.0 Å². The fourth-order valence-corrected chi connectivity index (χ4v) is 3.65. The number of carbonyl (C=O) groups excluding carboxylic acids is 1. The Labute approximate surface area is 213 Å². The third-order valence-electron chi connectivity index (χ3n) is 5.28. The smallest absolute Gasteiger partial charge is 0.336 e. The van der Waals surface area contributed by atoms with Gasteiger partial charge in [0.05, 0.1) is 11.8 Å². The molecule has 1 amide bonds. The number of nitrogens with two attached hydrogens (primary N) is 1. The molecule has 6 N–H and O–H groups in total. The molecule has 10 heteroatoms. The number of rotatable bonds is 5. The Balaban J connectivity index is 0.000000695. The van der Waals surface area contributed by atoms with Gasteiger partial charge in [-0.2, -0.15) is 8.42 Å². The van der Waals surface area contributed by atoms with Gasteiger partial charge in [-0.15, -0.1) is 0 Å². The van der Waals surface area contributed by atoms with Crippen LogP contribution in [0.1, 0.15) is 31.8 Å². The topological polar surface area (TPSA) is 171 Å². The van der Waals surface area contributed by atoms with Crippen molar-refractivity contribution in [2.45, 2.75) is 6.92 Å². The second-order valence-electron chi connectivity index (χ2n) is 8.28. The van der Waals surface area contributed by atoms with Crippen LogP contribution in [0.15, 0.2) is 78.9 Å². The van der Waals surface area contributed by atoms with Gasteiger partial charge in [-0.1, -0.05) is 42.0 Å². The van der Waals surface area contributed by atoms with E-state index in [9.17, 15) is 23.1 Å². The van der Waals surface area contributed by atoms with Crippen LogP contribution in [0.5, 0.6) is 0 Å². The summed E-state index contributed by atoms with van der Waals surface area (Å²) in [7, 11) is -3.67. The highest BCUT2D eigenvalue weighted by Crippen LogP contribution is 2.32. The molecule has 0 fully saturated rings. The van der Waals surface area contributed by atoms with Gasteiger partial charge in [-0.25, -0.2) is 4.79 Å². The summed E-state index contributed by atoms with van der Waals surface area (Å²) >= 11 is 0. The van der Waals surface area contributed by atoms with Gasteiger partial charge in [-0.05, 0) is 71.3 Å². The number of carboxylic acids is 1. The molecule has 190 valence electrons. The van der Waals surface area contributed by atoms with Crippen LogP contribution in [0, 0.1) is 12.3 Å². The molecule has 0 aliphatic carbocycles. The molecule has 0 radical (unpaired) electrons. The van der Waals surface area contributed by atoms with Crippen molar-refractivity contribution in [3.63, 3.8) is 0 Å². The Morgan fingerprint density at radius 1 is 0.865 bits per heavy atom. The predicted molar refractivity (Wildman–Crippen MR) is 144 cm³/mol. The van der Waals surface area contributed by atoms with E-state index in [1.54, 1.807) is 42.5 Å². The van der Waals surface area contributed by atoms with Gasteiger partial charge in [0.25, 0.3) is 16.0 Å². The van der Waals surface area contributed by atoms with Crippen LogP contribution in [0.25, 0.3) is 21.9 Å². The molecule has 4 aromatic carbocycles. The van der Waals surface area contributed by atoms with Crippen LogP contribution in [0.3, 0.4) is 0 Å². The van der Waals surface area contributed by atoms with E-state index in [4.69, 9.17) is 15.7 Å². The first-order valence-corrected chi connectivity index (χ1v) is 12.7. The normalized spacial score (nSPS) is 10.8. The highest BCUT2D eigenvalue weighted by Gasteiger charge is 2.19. The van der Waals surface area contributed by atoms with E-state index in [0.29, 0.717) is 34.2 Å². The van der Waals surface area contributed by atoms with Crippen molar-refractivity contribution in [2.75, 3.05) is 11.6 Å². The standard InChI is InChI=1S/C26H21N3O3.CH4O3S/c1-15-6-11-20(23(12-15)26(31)32)21-13-17-4-2-3-5-18(17)14-22(21)25(30)29-19-9-7-16(8-10-19)24(27)28;1-5(2,3)4/h2-14H,1H3,(H3,27,28)(H,29,30)(H,31,32);1H3,(H,2,3,4). The zero-order valence-corrected chi connectivity index (χ0v) is 20.8. The van der Waals surface area contributed by atoms with E-state index in [0.717, 1.165) is 16.3 Å². The van der Waals surface area contributed by atoms with Gasteiger partial charge < -0.3 is 16.2 Å². The third kappa shape index (κ3) is 7.23. The van der Waals surface area contributed by atoms with Crippen molar-refractivity contribution in [2.24, 2.45) is 5.73 Å². The summed E-state index contributed by atoms with van der Waals surface area (Å²) in [5, 5.41) is 21.9. The number of benzene rings is 4. The molecule has 0 unspecified atom stereocenters. The lowest BCUT2D eigenvalue weighted by Gasteiger charge is -2.15. The number of hydrogen-bond donors (Lipinski definition) is 5. The Bertz CT molecular complexity index is 1610. The van der Waals surface area contributed by atoms with E-state index < -0.39 is 16.1 Å². The average Bonchev–Trinajstić information content (AvgIpc) is 2.82. The fourth-order valence-electron chi connectivity index (χ4n) is 3.65. The second kappa shape index (κ2) is 11.0. The number of hydrogen-bond acceptors (Lipinski definition) is 5. The molecule has 0 saturated carbocycles. The van der Waals surface area contributed by atoms with E-state index in [-0.39, 0.29) is 17.3 Å². The van der Waals surface area contributed by atoms with Crippen molar-refractivity contribution >= 4 is 44.3 Å². The lowest BCUT2D eigenvalue weighted by atomic mass is 9.91. The predicted octanol–water partition coefficient (Wildman–Crippen LogP) is 4.55. The van der Waals surface area contributed by atoms with Crippen LogP contribution in [-0.2, 0) is 10.1 Å². The molecular weight excluding hydrogens is 494 g/mol. The van der Waals surface area contributed by atoms with E-state index >= 15 is 0 Å². The number of carboxylic acid groups (broad SMARTS) is 1. The van der Waals surface area contributed by atoms with Crippen molar-refractivity contribution in [1.82, 2.24) is 0 Å². The summed E-state index contributed by atoms with van der Waals surface area (Å²) in [5.74, 6) is -1.47. The molecule has 0 aromatic heterocycles. The number of nitrogens with one attached hydrogen (secondary N) is 2. The quantitative estimate of drug-likeness (QED) is 0.146. The SMILES string of the molecule is CS(=O)(=O)O.Cc1ccc(-c2cc3ccccc3cc2C(=O)Nc2ccc(C(=N)N)cc2)c(C(=O)O)c1. The van der Waals surface area contributed by atoms with Crippen LogP contribution in [0.2, 0.25) is 0 Å². The Hall–Kier alpha value is -4.54. The summed E-state index contributed by atoms with van der Waals surface area (Å²) in [6.45, 7) is 1.83. The van der Waals surface area contributed by atoms with Crippen molar-refractivity contribution < 1.29 is 27.7 Å². The number of aromatic carboxylic acids is 1. The minimum absolute atomic E-state index is 0.0553. The maximum atomic E-state index is 13.3. The van der Waals surface area contributed by atoms with E-state index in [1.165, 1.54) is 0 Å². The van der Waals surface area contributed by atoms with Crippen molar-refractivity contribution in [3.05, 3.63) is 101 Å². The molecule has 9 nitrogen and oxygen atoms in total. The second-order valence-corrected chi connectivity index (χ2v) is 9.74. The van der Waals surface area contributed by atoms with Gasteiger partial charge in [0, 0.05) is 16.8 Å². The zero-order valence-electron chi connectivity index (χ0n) is 20.0. The van der Waals surface area contributed by atoms with Crippen molar-refractivity contribution in [1.29, 1.82) is 5.41 Å². The maximum Gasteiger partial charge on any atom is 0.336 e. The molecule has 0 saturated heterocycles. The van der Waals surface area contributed by atoms with Crippen LogP contribution >= 0.6 is 0 Å². The summed E-state index contributed by atoms with van der Waals surface area (Å²) in [4.78, 5) is 25.2. The molecule has 0 bridgehead atoms. The first kappa shape index (κ1) is 27.1. The number of fused-ring (bicyclic) bond motifs is 1. The monoisotopic (exact) mass is 519 g/mol. The van der Waals surface area contributed by atoms with Crippen LogP contribution in [0.4, 0.5) is 5.69 Å². The molecule has 37 heavy (non-hydrogen) atoms. The highest BCUT2D eigenvalue weighted by atomic mass is 32.2. The first-order valence-electron chi connectivity index (χ1n) is 10.9. The number of carbonyl (C=O) groups is 2. The van der Waals surface area contributed by atoms with Gasteiger partial charge in [0.15, 0.2) is 0 Å². The Morgan fingerprint density at radius 2 is 1.43 bits per heavy atom. The minimum atomic E-state index is -3.67. The number of anilines is 1. The number of amidine groups is 1. The van der Waals surface area contributed by atoms with Gasteiger partial charge in [-0.3, -0.25) is 14.8 Å². The summed E-state index contributed by atoms with van der Waals surface area (Å²) < 4.78 is 25.9. The first-order chi connectivity index (χ1) is 17.3. The molecule has 0 aliphatic heterocycles. The van der Waals surface area contributed by atoms with E-state index in [2.05, 4.69) is 5.32 Å². The number of amides is 1. The average molecular weight is 520 g/mol. The molecule has 4 rings (SSSR count). The molecule has 0 spiro atoms. The molecule has 0 aliphatic rings. The Kier molecular flexibility index (Phi) is 8.06. The third-order valence-corrected chi connectivity index (χ3v) is 5.28. The van der Waals surface area contributed by atoms with Crippen LogP contribution < -0.4 is 11.1 Å². The van der Waals surface area contributed by atoms with Gasteiger partial charge >= 0.3 is 5.97 Å². The minimum Gasteiger partial charge on any atom is -0.478 e. The lowest BCUT2D eigenvalue weighted by molar-refractivity contribution is 0.0697.